The molecule has 0 fully saturated rings. The van der Waals surface area contributed by atoms with Gasteiger partial charge < -0.3 is 11.5 Å². The summed E-state index contributed by atoms with van der Waals surface area (Å²) >= 11 is 11.5. The Balaban J connectivity index is 2.96. The van der Waals surface area contributed by atoms with E-state index in [-0.39, 0.29) is 0 Å². The number of rotatable bonds is 0. The normalized spacial score (nSPS) is 26.8. The molecular weight excluding hydrogens is 171 g/mol. The molecule has 0 aromatic carbocycles. The lowest BCUT2D eigenvalue weighted by atomic mass is 10.0. The van der Waals surface area contributed by atoms with Crippen LogP contribution >= 0.6 is 23.2 Å². The maximum atomic E-state index is 5.74. The predicted molar refractivity (Wildman–Crippen MR) is 43.8 cm³/mol. The van der Waals surface area contributed by atoms with Crippen molar-refractivity contribution in [1.82, 2.24) is 0 Å². The van der Waals surface area contributed by atoms with Crippen LogP contribution in [0.15, 0.2) is 24.3 Å². The number of nitrogens with two attached hydrogens (primary N) is 2. The monoisotopic (exact) mass is 178 g/mol. The Morgan fingerprint density at radius 1 is 1.00 bits per heavy atom. The first-order chi connectivity index (χ1) is 4.46. The molecule has 0 saturated heterocycles. The number of hydrogen-bond acceptors (Lipinski definition) is 2. The minimum Gasteiger partial charge on any atom is -0.307 e. The fraction of sp³-hybridized carbons (Fsp3) is 0.333. The number of alkyl halides is 2. The van der Waals surface area contributed by atoms with E-state index >= 15 is 0 Å². The van der Waals surface area contributed by atoms with Crippen molar-refractivity contribution in [1.29, 1.82) is 0 Å². The standard InChI is InChI=1S/C6H8Cl2N2/c7-5(8)3-1-2-4-6(5,9)10/h1-4H,9-10H2. The van der Waals surface area contributed by atoms with Gasteiger partial charge >= 0.3 is 0 Å². The number of halogens is 2. The molecule has 1 rings (SSSR count). The summed E-state index contributed by atoms with van der Waals surface area (Å²) in [6, 6.07) is 0. The third-order valence-corrected chi connectivity index (χ3v) is 2.27. The van der Waals surface area contributed by atoms with Crippen molar-refractivity contribution in [3.63, 3.8) is 0 Å². The van der Waals surface area contributed by atoms with E-state index in [9.17, 15) is 0 Å². The van der Waals surface area contributed by atoms with Crippen molar-refractivity contribution >= 4 is 23.2 Å². The van der Waals surface area contributed by atoms with Crippen LogP contribution in [0, 0.1) is 0 Å². The van der Waals surface area contributed by atoms with Gasteiger partial charge in [0.05, 0.1) is 0 Å². The molecule has 1 aliphatic carbocycles. The van der Waals surface area contributed by atoms with Crippen LogP contribution in [-0.2, 0) is 0 Å². The highest BCUT2D eigenvalue weighted by Gasteiger charge is 2.40. The molecule has 0 unspecified atom stereocenters. The van der Waals surface area contributed by atoms with Crippen molar-refractivity contribution in [3.05, 3.63) is 24.3 Å². The van der Waals surface area contributed by atoms with E-state index in [1.165, 1.54) is 0 Å². The van der Waals surface area contributed by atoms with Gasteiger partial charge in [-0.3, -0.25) is 0 Å². The molecule has 56 valence electrons. The van der Waals surface area contributed by atoms with E-state index in [2.05, 4.69) is 0 Å². The Labute approximate surface area is 69.5 Å². The second-order valence-corrected chi connectivity index (χ2v) is 3.66. The zero-order valence-corrected chi connectivity index (χ0v) is 6.73. The topological polar surface area (TPSA) is 52.0 Å². The van der Waals surface area contributed by atoms with Gasteiger partial charge in [-0.15, -0.1) is 0 Å². The summed E-state index contributed by atoms with van der Waals surface area (Å²) in [6.45, 7) is 0. The summed E-state index contributed by atoms with van der Waals surface area (Å²) in [5.41, 5.74) is 9.90. The molecule has 0 amide bonds. The molecule has 0 radical (unpaired) electrons. The van der Waals surface area contributed by atoms with Crippen LogP contribution in [0.3, 0.4) is 0 Å². The van der Waals surface area contributed by atoms with Crippen LogP contribution < -0.4 is 11.5 Å². The molecule has 1 aliphatic rings. The maximum absolute atomic E-state index is 5.74. The predicted octanol–water partition coefficient (Wildman–Crippen LogP) is 0.900. The van der Waals surface area contributed by atoms with Gasteiger partial charge in [-0.1, -0.05) is 35.4 Å². The van der Waals surface area contributed by atoms with Crippen LogP contribution in [0.5, 0.6) is 0 Å². The first kappa shape index (κ1) is 8.08. The summed E-state index contributed by atoms with van der Waals surface area (Å²) in [4.78, 5) is 0. The molecule has 0 spiro atoms. The average Bonchev–Trinajstić information content (AvgIpc) is 1.77. The summed E-state index contributed by atoms with van der Waals surface area (Å²) in [7, 11) is 0. The fourth-order valence-electron chi connectivity index (χ4n) is 0.647. The second kappa shape index (κ2) is 2.24. The Bertz CT molecular complexity index is 172. The molecular formula is C6H8Cl2N2. The van der Waals surface area contributed by atoms with Gasteiger partial charge in [0.25, 0.3) is 0 Å². The molecule has 0 bridgehead atoms. The molecule has 0 aromatic rings. The lowest BCUT2D eigenvalue weighted by Crippen LogP contribution is -2.60. The van der Waals surface area contributed by atoms with Crippen LogP contribution in [0.4, 0.5) is 0 Å². The first-order valence-corrected chi connectivity index (χ1v) is 3.54. The van der Waals surface area contributed by atoms with Gasteiger partial charge in [0.1, 0.15) is 5.66 Å². The summed E-state index contributed by atoms with van der Waals surface area (Å²) in [6.07, 6.45) is 6.53. The second-order valence-electron chi connectivity index (χ2n) is 2.27. The maximum Gasteiger partial charge on any atom is 0.170 e. The number of allylic oxidation sites excluding steroid dienone is 2. The first-order valence-electron chi connectivity index (χ1n) is 2.78. The zero-order chi connectivity index (χ0) is 7.83. The van der Waals surface area contributed by atoms with Crippen LogP contribution in [-0.4, -0.2) is 10.00 Å². The van der Waals surface area contributed by atoms with E-state index in [1.54, 1.807) is 24.3 Å². The Morgan fingerprint density at radius 2 is 1.50 bits per heavy atom. The Morgan fingerprint density at radius 3 is 1.80 bits per heavy atom. The summed E-state index contributed by atoms with van der Waals surface area (Å²) in [5.74, 6) is 0. The quantitative estimate of drug-likeness (QED) is 0.428. The minimum atomic E-state index is -1.19. The molecule has 0 aliphatic heterocycles. The molecule has 2 nitrogen and oxygen atoms in total. The highest BCUT2D eigenvalue weighted by molar-refractivity contribution is 6.51. The highest BCUT2D eigenvalue weighted by Crippen LogP contribution is 2.33. The Hall–Kier alpha value is -0.0200. The van der Waals surface area contributed by atoms with E-state index in [0.717, 1.165) is 0 Å². The summed E-state index contributed by atoms with van der Waals surface area (Å²) < 4.78 is -1.19. The molecule has 0 heterocycles. The van der Waals surface area contributed by atoms with Gasteiger partial charge in [0.2, 0.25) is 0 Å². The SMILES string of the molecule is NC1(N)C=CC=CC1(Cl)Cl. The van der Waals surface area contributed by atoms with E-state index in [1.807, 2.05) is 0 Å². The third-order valence-electron chi connectivity index (χ3n) is 1.37. The minimum absolute atomic E-state index is 1.16. The van der Waals surface area contributed by atoms with Crippen molar-refractivity contribution in [3.8, 4) is 0 Å². The van der Waals surface area contributed by atoms with Gasteiger partial charge in [-0.05, 0) is 12.2 Å². The lowest BCUT2D eigenvalue weighted by Gasteiger charge is -2.33. The smallest absolute Gasteiger partial charge is 0.170 e. The van der Waals surface area contributed by atoms with E-state index in [0.29, 0.717) is 0 Å². The van der Waals surface area contributed by atoms with Crippen molar-refractivity contribution in [2.75, 3.05) is 0 Å². The van der Waals surface area contributed by atoms with E-state index < -0.39 is 10.00 Å². The van der Waals surface area contributed by atoms with Gasteiger partial charge in [0.15, 0.2) is 4.33 Å². The van der Waals surface area contributed by atoms with Gasteiger partial charge in [0, 0.05) is 0 Å². The highest BCUT2D eigenvalue weighted by atomic mass is 35.5. The van der Waals surface area contributed by atoms with Crippen molar-refractivity contribution in [2.45, 2.75) is 10.00 Å². The van der Waals surface area contributed by atoms with Crippen molar-refractivity contribution < 1.29 is 0 Å². The van der Waals surface area contributed by atoms with Crippen LogP contribution in [0.2, 0.25) is 0 Å². The van der Waals surface area contributed by atoms with Crippen LogP contribution in [0.1, 0.15) is 0 Å². The van der Waals surface area contributed by atoms with Gasteiger partial charge in [-0.25, -0.2) is 0 Å². The summed E-state index contributed by atoms with van der Waals surface area (Å²) in [5, 5.41) is 0. The molecule has 0 aromatic heterocycles. The van der Waals surface area contributed by atoms with Crippen molar-refractivity contribution in [2.24, 2.45) is 11.5 Å². The van der Waals surface area contributed by atoms with E-state index in [4.69, 9.17) is 34.7 Å². The van der Waals surface area contributed by atoms with Gasteiger partial charge in [-0.2, -0.15) is 0 Å². The van der Waals surface area contributed by atoms with Crippen LogP contribution in [0.25, 0.3) is 0 Å². The molecule has 0 atom stereocenters. The largest absolute Gasteiger partial charge is 0.307 e. The molecule has 0 saturated carbocycles. The molecule has 10 heavy (non-hydrogen) atoms. The molecule has 4 heteroatoms. The third kappa shape index (κ3) is 1.20. The number of hydrogen-bond donors (Lipinski definition) is 2. The zero-order valence-electron chi connectivity index (χ0n) is 5.22. The average molecular weight is 179 g/mol. The molecule has 4 N–H and O–H groups in total. The lowest BCUT2D eigenvalue weighted by molar-refractivity contribution is 0.530. The Kier molecular flexibility index (Phi) is 1.81. The fourth-order valence-corrected chi connectivity index (χ4v) is 0.918.